The van der Waals surface area contributed by atoms with Gasteiger partial charge < -0.3 is 30.9 Å². The van der Waals surface area contributed by atoms with Crippen molar-refractivity contribution in [1.82, 2.24) is 9.88 Å². The second kappa shape index (κ2) is 11.1. The van der Waals surface area contributed by atoms with Crippen molar-refractivity contribution < 1.29 is 29.0 Å². The average Bonchev–Trinajstić information content (AvgIpc) is 2.73. The molecule has 0 aliphatic carbocycles. The number of piperidine rings is 1. The van der Waals surface area contributed by atoms with Crippen molar-refractivity contribution in [1.29, 1.82) is 0 Å². The van der Waals surface area contributed by atoms with Gasteiger partial charge in [-0.05, 0) is 44.9 Å². The second-order valence-corrected chi connectivity index (χ2v) is 7.24. The number of rotatable bonds is 6. The van der Waals surface area contributed by atoms with Gasteiger partial charge in [-0.15, -0.1) is 0 Å². The third-order valence-electron chi connectivity index (χ3n) is 4.63. The maximum atomic E-state index is 11.9. The standard InChI is InChI=1S/C20H26N4O4.CH2O2/c1-12(2)27-18-9-14-16(8-15(18)20(22)26)23-6-5-17(14)28-13-4-3-7-24(11-13)19(25)10-21;2-1-3/h5-6,8-9,12-13H,3-4,7,10-11,21H2,1-2H3,(H2,22,26);1H,(H,2,3)/t13-;/m1./s1. The summed E-state index contributed by atoms with van der Waals surface area (Å²) in [7, 11) is 0. The van der Waals surface area contributed by atoms with Crippen LogP contribution in [0.5, 0.6) is 11.5 Å². The molecule has 0 bridgehead atoms. The lowest BCUT2D eigenvalue weighted by Crippen LogP contribution is -2.46. The molecular weight excluding hydrogens is 404 g/mol. The number of amides is 2. The Morgan fingerprint density at radius 3 is 2.68 bits per heavy atom. The summed E-state index contributed by atoms with van der Waals surface area (Å²) in [5, 5.41) is 7.62. The fourth-order valence-electron chi connectivity index (χ4n) is 3.36. The largest absolute Gasteiger partial charge is 0.490 e. The third-order valence-corrected chi connectivity index (χ3v) is 4.63. The molecule has 2 amide bonds. The lowest BCUT2D eigenvalue weighted by Gasteiger charge is -2.33. The molecule has 1 aliphatic heterocycles. The van der Waals surface area contributed by atoms with Gasteiger partial charge in [0, 0.05) is 18.1 Å². The van der Waals surface area contributed by atoms with Crippen LogP contribution in [0.15, 0.2) is 24.4 Å². The van der Waals surface area contributed by atoms with E-state index in [-0.39, 0.29) is 36.7 Å². The number of carbonyl (C=O) groups excluding carboxylic acids is 2. The highest BCUT2D eigenvalue weighted by atomic mass is 16.5. The fraction of sp³-hybridized carbons (Fsp3) is 0.429. The van der Waals surface area contributed by atoms with E-state index < -0.39 is 5.91 Å². The Hall–Kier alpha value is -3.40. The van der Waals surface area contributed by atoms with Crippen molar-refractivity contribution in [3.8, 4) is 11.5 Å². The lowest BCUT2D eigenvalue weighted by molar-refractivity contribution is -0.132. The van der Waals surface area contributed by atoms with E-state index in [4.69, 9.17) is 30.8 Å². The number of fused-ring (bicyclic) bond motifs is 1. The molecule has 0 unspecified atom stereocenters. The first kappa shape index (κ1) is 23.9. The second-order valence-electron chi connectivity index (χ2n) is 7.24. The molecule has 1 saturated heterocycles. The molecule has 10 heteroatoms. The maximum absolute atomic E-state index is 11.9. The Labute approximate surface area is 180 Å². The summed E-state index contributed by atoms with van der Waals surface area (Å²) >= 11 is 0. The van der Waals surface area contributed by atoms with E-state index in [1.165, 1.54) is 0 Å². The molecule has 168 valence electrons. The first-order chi connectivity index (χ1) is 14.8. The molecule has 0 spiro atoms. The Bertz CT molecular complexity index is 933. The van der Waals surface area contributed by atoms with Crippen LogP contribution in [0.2, 0.25) is 0 Å². The first-order valence-electron chi connectivity index (χ1n) is 9.92. The predicted molar refractivity (Wildman–Crippen MR) is 114 cm³/mol. The summed E-state index contributed by atoms with van der Waals surface area (Å²) in [5.41, 5.74) is 11.8. The SMILES string of the molecule is CC(C)Oc1cc2c(O[C@@H]3CCCN(C(=O)CN)C3)ccnc2cc1C(N)=O.O=CO. The molecule has 1 aromatic heterocycles. The maximum Gasteiger partial charge on any atom is 0.290 e. The minimum absolute atomic E-state index is 0.00327. The van der Waals surface area contributed by atoms with Crippen LogP contribution in [0, 0.1) is 0 Å². The number of primary amides is 1. The zero-order chi connectivity index (χ0) is 23.0. The van der Waals surface area contributed by atoms with Gasteiger partial charge in [-0.1, -0.05) is 0 Å². The number of likely N-dealkylation sites (tertiary alicyclic amines) is 1. The number of nitrogens with two attached hydrogens (primary N) is 2. The summed E-state index contributed by atoms with van der Waals surface area (Å²) in [6, 6.07) is 5.13. The number of hydrogen-bond donors (Lipinski definition) is 3. The molecule has 2 heterocycles. The summed E-state index contributed by atoms with van der Waals surface area (Å²) in [5.74, 6) is 0.374. The molecule has 1 atom stereocenters. The van der Waals surface area contributed by atoms with Gasteiger partial charge in [0.2, 0.25) is 5.91 Å². The quantitative estimate of drug-likeness (QED) is 0.573. The van der Waals surface area contributed by atoms with Crippen LogP contribution in [0.25, 0.3) is 10.9 Å². The predicted octanol–water partition coefficient (Wildman–Crippen LogP) is 1.15. The molecule has 2 aromatic rings. The van der Waals surface area contributed by atoms with E-state index in [0.717, 1.165) is 18.2 Å². The zero-order valence-corrected chi connectivity index (χ0v) is 17.6. The van der Waals surface area contributed by atoms with Gasteiger partial charge >= 0.3 is 0 Å². The van der Waals surface area contributed by atoms with Gasteiger partial charge in [0.05, 0.1) is 30.3 Å². The number of benzene rings is 1. The zero-order valence-electron chi connectivity index (χ0n) is 17.6. The lowest BCUT2D eigenvalue weighted by atomic mass is 10.1. The molecule has 31 heavy (non-hydrogen) atoms. The molecule has 0 radical (unpaired) electrons. The van der Waals surface area contributed by atoms with E-state index >= 15 is 0 Å². The number of nitrogens with zero attached hydrogens (tertiary/aromatic N) is 2. The topological polar surface area (TPSA) is 158 Å². The van der Waals surface area contributed by atoms with Gasteiger partial charge in [0.25, 0.3) is 12.4 Å². The Morgan fingerprint density at radius 1 is 1.35 bits per heavy atom. The fourth-order valence-corrected chi connectivity index (χ4v) is 3.36. The smallest absolute Gasteiger partial charge is 0.290 e. The summed E-state index contributed by atoms with van der Waals surface area (Å²) < 4.78 is 12.0. The number of carboxylic acid groups (broad SMARTS) is 1. The van der Waals surface area contributed by atoms with Crippen LogP contribution in [0.4, 0.5) is 0 Å². The van der Waals surface area contributed by atoms with Gasteiger partial charge in [-0.2, -0.15) is 0 Å². The number of aromatic nitrogens is 1. The van der Waals surface area contributed by atoms with Crippen molar-refractivity contribution in [2.45, 2.75) is 38.9 Å². The van der Waals surface area contributed by atoms with Crippen LogP contribution in [0.3, 0.4) is 0 Å². The number of carbonyl (C=O) groups is 3. The van der Waals surface area contributed by atoms with Crippen molar-refractivity contribution >= 4 is 29.2 Å². The minimum atomic E-state index is -0.575. The molecule has 1 aliphatic rings. The molecule has 5 N–H and O–H groups in total. The molecule has 10 nitrogen and oxygen atoms in total. The number of pyridine rings is 1. The Kier molecular flexibility index (Phi) is 8.56. The summed E-state index contributed by atoms with van der Waals surface area (Å²) in [4.78, 5) is 38.1. The van der Waals surface area contributed by atoms with Gasteiger partial charge in [0.15, 0.2) is 0 Å². The first-order valence-corrected chi connectivity index (χ1v) is 9.92. The number of ether oxygens (including phenoxy) is 2. The van der Waals surface area contributed by atoms with Crippen LogP contribution >= 0.6 is 0 Å². The molecular formula is C21H28N4O6. The number of hydrogen-bond acceptors (Lipinski definition) is 7. The molecule has 0 saturated carbocycles. The monoisotopic (exact) mass is 432 g/mol. The van der Waals surface area contributed by atoms with Crippen molar-refractivity contribution in [3.63, 3.8) is 0 Å². The van der Waals surface area contributed by atoms with Crippen molar-refractivity contribution in [2.75, 3.05) is 19.6 Å². The summed E-state index contributed by atoms with van der Waals surface area (Å²) in [6.07, 6.45) is 3.06. The van der Waals surface area contributed by atoms with Crippen LogP contribution in [0.1, 0.15) is 37.0 Å². The minimum Gasteiger partial charge on any atom is -0.490 e. The van der Waals surface area contributed by atoms with E-state index in [0.29, 0.717) is 30.1 Å². The van der Waals surface area contributed by atoms with E-state index in [1.54, 1.807) is 29.3 Å². The van der Waals surface area contributed by atoms with E-state index in [2.05, 4.69) is 4.98 Å². The summed E-state index contributed by atoms with van der Waals surface area (Å²) in [6.45, 7) is 4.69. The van der Waals surface area contributed by atoms with Crippen LogP contribution < -0.4 is 20.9 Å². The molecule has 1 fully saturated rings. The molecule has 1 aromatic carbocycles. The van der Waals surface area contributed by atoms with Gasteiger partial charge in [-0.3, -0.25) is 19.4 Å². The van der Waals surface area contributed by atoms with Crippen LogP contribution in [-0.4, -0.2) is 65.1 Å². The average molecular weight is 432 g/mol. The van der Waals surface area contributed by atoms with Crippen molar-refractivity contribution in [2.24, 2.45) is 11.5 Å². The van der Waals surface area contributed by atoms with Gasteiger partial charge in [0.1, 0.15) is 17.6 Å². The van der Waals surface area contributed by atoms with Crippen LogP contribution in [-0.2, 0) is 9.59 Å². The third kappa shape index (κ3) is 6.29. The normalized spacial score (nSPS) is 15.7. The van der Waals surface area contributed by atoms with E-state index in [9.17, 15) is 9.59 Å². The highest BCUT2D eigenvalue weighted by Gasteiger charge is 2.25. The Balaban J connectivity index is 0.00000107. The Morgan fingerprint density at radius 2 is 2.06 bits per heavy atom. The van der Waals surface area contributed by atoms with Gasteiger partial charge in [-0.25, -0.2) is 0 Å². The molecule has 3 rings (SSSR count). The highest BCUT2D eigenvalue weighted by molar-refractivity contribution is 6.01. The van der Waals surface area contributed by atoms with Crippen molar-refractivity contribution in [3.05, 3.63) is 30.0 Å². The highest BCUT2D eigenvalue weighted by Crippen LogP contribution is 2.32. The van der Waals surface area contributed by atoms with E-state index in [1.807, 2.05) is 13.8 Å².